The number of hydrogen-bond donors (Lipinski definition) is 1. The van der Waals surface area contributed by atoms with Crippen LogP contribution in [0.1, 0.15) is 18.1 Å². The van der Waals surface area contributed by atoms with Crippen molar-refractivity contribution in [2.24, 2.45) is 0 Å². The zero-order valence-electron chi connectivity index (χ0n) is 15.3. The van der Waals surface area contributed by atoms with Crippen LogP contribution in [0.15, 0.2) is 36.5 Å². The van der Waals surface area contributed by atoms with E-state index in [9.17, 15) is 4.79 Å². The molecule has 0 unspecified atom stereocenters. The number of hydrogen-bond acceptors (Lipinski definition) is 6. The van der Waals surface area contributed by atoms with Crippen molar-refractivity contribution in [3.63, 3.8) is 0 Å². The summed E-state index contributed by atoms with van der Waals surface area (Å²) in [6, 6.07) is 10.3. The van der Waals surface area contributed by atoms with Gasteiger partial charge in [0, 0.05) is 38.9 Å². The van der Waals surface area contributed by atoms with Crippen LogP contribution in [0.5, 0.6) is 0 Å². The Morgan fingerprint density at radius 1 is 1.23 bits per heavy atom. The number of nitrogens with zero attached hydrogens (tertiary/aromatic N) is 4. The van der Waals surface area contributed by atoms with Gasteiger partial charge in [0.25, 0.3) is 0 Å². The first-order valence-corrected chi connectivity index (χ1v) is 8.95. The van der Waals surface area contributed by atoms with E-state index < -0.39 is 0 Å². The van der Waals surface area contributed by atoms with Crippen LogP contribution >= 0.6 is 0 Å². The number of amides is 1. The summed E-state index contributed by atoms with van der Waals surface area (Å²) in [5.41, 5.74) is 2.43. The van der Waals surface area contributed by atoms with E-state index in [0.717, 1.165) is 18.9 Å². The normalized spacial score (nSPS) is 14.2. The molecule has 0 atom stereocenters. The molecule has 1 aromatic carbocycles. The molecule has 0 aliphatic carbocycles. The molecule has 3 rings (SSSR count). The van der Waals surface area contributed by atoms with Crippen molar-refractivity contribution < 1.29 is 9.53 Å². The van der Waals surface area contributed by atoms with E-state index in [-0.39, 0.29) is 6.09 Å². The summed E-state index contributed by atoms with van der Waals surface area (Å²) >= 11 is 0. The van der Waals surface area contributed by atoms with E-state index in [1.807, 2.05) is 19.1 Å². The Labute approximate surface area is 154 Å². The first-order chi connectivity index (χ1) is 12.7. The van der Waals surface area contributed by atoms with Gasteiger partial charge in [-0.1, -0.05) is 29.8 Å². The molecule has 0 radical (unpaired) electrons. The second-order valence-corrected chi connectivity index (χ2v) is 6.25. The Balaban J connectivity index is 1.57. The lowest BCUT2D eigenvalue weighted by atomic mass is 10.1. The third kappa shape index (κ3) is 4.62. The second kappa shape index (κ2) is 8.51. The molecule has 0 bridgehead atoms. The molecule has 26 heavy (non-hydrogen) atoms. The van der Waals surface area contributed by atoms with Crippen LogP contribution in [0, 0.1) is 6.92 Å². The Morgan fingerprint density at radius 2 is 2.04 bits per heavy atom. The van der Waals surface area contributed by atoms with Crippen molar-refractivity contribution in [1.82, 2.24) is 14.9 Å². The predicted octanol–water partition coefficient (Wildman–Crippen LogP) is 2.68. The molecule has 0 spiro atoms. The Bertz CT molecular complexity index is 744. The van der Waals surface area contributed by atoms with E-state index in [0.29, 0.717) is 32.2 Å². The molecule has 1 aromatic heterocycles. The van der Waals surface area contributed by atoms with Crippen LogP contribution in [0.2, 0.25) is 0 Å². The van der Waals surface area contributed by atoms with Crippen LogP contribution < -0.4 is 10.2 Å². The van der Waals surface area contributed by atoms with Gasteiger partial charge in [0.2, 0.25) is 5.95 Å². The molecule has 138 valence electrons. The quantitative estimate of drug-likeness (QED) is 0.889. The number of carbonyl (C=O) groups is 1. The number of piperazine rings is 1. The highest BCUT2D eigenvalue weighted by molar-refractivity contribution is 5.68. The number of aromatic nitrogens is 2. The molecule has 0 saturated carbocycles. The number of benzene rings is 1. The Morgan fingerprint density at radius 3 is 2.77 bits per heavy atom. The van der Waals surface area contributed by atoms with E-state index in [2.05, 4.69) is 45.3 Å². The van der Waals surface area contributed by atoms with Crippen molar-refractivity contribution in [2.45, 2.75) is 20.4 Å². The predicted molar refractivity (Wildman–Crippen MR) is 101 cm³/mol. The highest BCUT2D eigenvalue weighted by atomic mass is 16.6. The highest BCUT2D eigenvalue weighted by Crippen LogP contribution is 2.16. The van der Waals surface area contributed by atoms with E-state index >= 15 is 0 Å². The van der Waals surface area contributed by atoms with Crippen molar-refractivity contribution in [3.8, 4) is 0 Å². The lowest BCUT2D eigenvalue weighted by Crippen LogP contribution is -2.49. The van der Waals surface area contributed by atoms with Gasteiger partial charge in [-0.2, -0.15) is 4.98 Å². The Hall–Kier alpha value is -2.83. The molecule has 1 aliphatic heterocycles. The molecule has 1 amide bonds. The van der Waals surface area contributed by atoms with Crippen molar-refractivity contribution in [3.05, 3.63) is 47.7 Å². The van der Waals surface area contributed by atoms with Gasteiger partial charge in [0.1, 0.15) is 5.82 Å². The maximum atomic E-state index is 11.8. The minimum Gasteiger partial charge on any atom is -0.450 e. The summed E-state index contributed by atoms with van der Waals surface area (Å²) in [5, 5.41) is 3.28. The molecule has 1 N–H and O–H groups in total. The second-order valence-electron chi connectivity index (χ2n) is 6.25. The van der Waals surface area contributed by atoms with Gasteiger partial charge in [0.05, 0.1) is 6.61 Å². The van der Waals surface area contributed by atoms with Crippen LogP contribution in [-0.4, -0.2) is 53.7 Å². The van der Waals surface area contributed by atoms with Crippen LogP contribution in [0.25, 0.3) is 0 Å². The topological polar surface area (TPSA) is 70.6 Å². The van der Waals surface area contributed by atoms with Gasteiger partial charge in [-0.15, -0.1) is 0 Å². The monoisotopic (exact) mass is 355 g/mol. The lowest BCUT2D eigenvalue weighted by molar-refractivity contribution is 0.105. The number of nitrogens with one attached hydrogen (secondary N) is 1. The lowest BCUT2D eigenvalue weighted by Gasteiger charge is -2.34. The molecule has 7 heteroatoms. The number of rotatable bonds is 5. The molecule has 1 saturated heterocycles. The summed E-state index contributed by atoms with van der Waals surface area (Å²) in [6.45, 7) is 7.71. The average molecular weight is 355 g/mol. The molecular formula is C19H25N5O2. The van der Waals surface area contributed by atoms with Gasteiger partial charge in [-0.05, 0) is 25.5 Å². The van der Waals surface area contributed by atoms with Crippen molar-refractivity contribution >= 4 is 17.9 Å². The minimum absolute atomic E-state index is 0.240. The number of ether oxygens (including phenoxy) is 1. The van der Waals surface area contributed by atoms with Crippen molar-refractivity contribution in [1.29, 1.82) is 0 Å². The van der Waals surface area contributed by atoms with E-state index in [1.165, 1.54) is 11.1 Å². The molecule has 1 aliphatic rings. The number of carbonyl (C=O) groups excluding carboxylic acids is 1. The van der Waals surface area contributed by atoms with Crippen LogP contribution in [0.3, 0.4) is 0 Å². The summed E-state index contributed by atoms with van der Waals surface area (Å²) < 4.78 is 5.06. The smallest absolute Gasteiger partial charge is 0.409 e. The third-order valence-corrected chi connectivity index (χ3v) is 4.30. The minimum atomic E-state index is -0.240. The van der Waals surface area contributed by atoms with Gasteiger partial charge in [-0.3, -0.25) is 0 Å². The fourth-order valence-corrected chi connectivity index (χ4v) is 2.95. The number of aryl methyl sites for hydroxylation is 1. The fraction of sp³-hybridized carbons (Fsp3) is 0.421. The first kappa shape index (κ1) is 18.0. The third-order valence-electron chi connectivity index (χ3n) is 4.30. The molecule has 7 nitrogen and oxygen atoms in total. The molecule has 1 fully saturated rings. The van der Waals surface area contributed by atoms with Crippen LogP contribution in [0.4, 0.5) is 16.6 Å². The van der Waals surface area contributed by atoms with Crippen molar-refractivity contribution in [2.75, 3.05) is 43.0 Å². The van der Waals surface area contributed by atoms with Gasteiger partial charge >= 0.3 is 6.09 Å². The Kier molecular flexibility index (Phi) is 5.88. The zero-order chi connectivity index (χ0) is 18.4. The average Bonchev–Trinajstić information content (AvgIpc) is 2.67. The zero-order valence-corrected chi connectivity index (χ0v) is 15.3. The number of anilines is 2. The summed E-state index contributed by atoms with van der Waals surface area (Å²) in [7, 11) is 0. The van der Waals surface area contributed by atoms with Gasteiger partial charge < -0.3 is 19.9 Å². The summed E-state index contributed by atoms with van der Waals surface area (Å²) in [6.07, 6.45) is 1.52. The van der Waals surface area contributed by atoms with Crippen LogP contribution in [-0.2, 0) is 11.3 Å². The molecule has 2 aromatic rings. The highest BCUT2D eigenvalue weighted by Gasteiger charge is 2.22. The maximum absolute atomic E-state index is 11.8. The largest absolute Gasteiger partial charge is 0.450 e. The van der Waals surface area contributed by atoms with E-state index in [4.69, 9.17) is 4.74 Å². The molecule has 2 heterocycles. The van der Waals surface area contributed by atoms with Gasteiger partial charge in [0.15, 0.2) is 0 Å². The first-order valence-electron chi connectivity index (χ1n) is 8.95. The molecular weight excluding hydrogens is 330 g/mol. The summed E-state index contributed by atoms with van der Waals surface area (Å²) in [4.78, 5) is 24.6. The standard InChI is InChI=1S/C19H25N5O2/c1-3-26-19(25)24-11-9-23(10-12-24)17-7-8-20-18(22-17)21-14-16-6-4-5-15(2)13-16/h4-8,13H,3,9-12,14H2,1-2H3,(H,20,21,22). The fourth-order valence-electron chi connectivity index (χ4n) is 2.95. The van der Waals surface area contributed by atoms with Gasteiger partial charge in [-0.25, -0.2) is 9.78 Å². The maximum Gasteiger partial charge on any atom is 0.409 e. The van der Waals surface area contributed by atoms with E-state index in [1.54, 1.807) is 11.1 Å². The SMILES string of the molecule is CCOC(=O)N1CCN(c2ccnc(NCc3cccc(C)c3)n2)CC1. The summed E-state index contributed by atoms with van der Waals surface area (Å²) in [5.74, 6) is 1.48.